The monoisotopic (exact) mass is 315 g/mol. The lowest BCUT2D eigenvalue weighted by Crippen LogP contribution is -2.46. The molecule has 1 aliphatic rings. The largest absolute Gasteiger partial charge is 0.466 e. The van der Waals surface area contributed by atoms with Gasteiger partial charge in [-0.15, -0.1) is 0 Å². The molecule has 124 valence electrons. The number of piperidine rings is 1. The van der Waals surface area contributed by atoms with E-state index in [-0.39, 0.29) is 0 Å². The quantitative estimate of drug-likeness (QED) is 0.855. The number of furan rings is 1. The Hall–Kier alpha value is -1.69. The van der Waals surface area contributed by atoms with Crippen LogP contribution in [0.5, 0.6) is 0 Å². The summed E-state index contributed by atoms with van der Waals surface area (Å²) in [5.74, 6) is 0.609. The van der Waals surface area contributed by atoms with Gasteiger partial charge in [-0.25, -0.2) is 0 Å². The van der Waals surface area contributed by atoms with Crippen molar-refractivity contribution in [3.05, 3.63) is 54.2 Å². The van der Waals surface area contributed by atoms with E-state index in [2.05, 4.69) is 21.3 Å². The first-order chi connectivity index (χ1) is 11.1. The SMILES string of the molecule is C[C@@](O)(CNC1CCN(Cc2ccccn2)CC1)c1ccco1. The van der Waals surface area contributed by atoms with Gasteiger partial charge in [0.1, 0.15) is 11.4 Å². The molecule has 3 rings (SSSR count). The van der Waals surface area contributed by atoms with Gasteiger partial charge in [0.25, 0.3) is 0 Å². The lowest BCUT2D eigenvalue weighted by molar-refractivity contribution is 0.0287. The standard InChI is InChI=1S/C18H25N3O2/c1-18(22,17-6-4-12-23-17)14-20-15-7-10-21(11-8-15)13-16-5-2-3-9-19-16/h2-6,9,12,15,20,22H,7-8,10-11,13-14H2,1H3/t18-/m1/s1. The van der Waals surface area contributed by atoms with Gasteiger partial charge < -0.3 is 14.8 Å². The first-order valence-corrected chi connectivity index (χ1v) is 8.25. The van der Waals surface area contributed by atoms with Crippen molar-refractivity contribution in [2.75, 3.05) is 19.6 Å². The summed E-state index contributed by atoms with van der Waals surface area (Å²) in [5, 5.41) is 14.0. The molecule has 0 saturated carbocycles. The van der Waals surface area contributed by atoms with Gasteiger partial charge in [-0.05, 0) is 44.0 Å². The predicted molar refractivity (Wildman–Crippen MR) is 88.8 cm³/mol. The van der Waals surface area contributed by atoms with E-state index < -0.39 is 5.60 Å². The van der Waals surface area contributed by atoms with Crippen LogP contribution in [0.4, 0.5) is 0 Å². The van der Waals surface area contributed by atoms with Crippen LogP contribution in [-0.2, 0) is 12.1 Å². The number of nitrogens with zero attached hydrogens (tertiary/aromatic N) is 2. The van der Waals surface area contributed by atoms with Crippen molar-refractivity contribution in [2.24, 2.45) is 0 Å². The minimum absolute atomic E-state index is 0.441. The van der Waals surface area contributed by atoms with Crippen molar-refractivity contribution in [3.8, 4) is 0 Å². The van der Waals surface area contributed by atoms with Crippen molar-refractivity contribution in [3.63, 3.8) is 0 Å². The predicted octanol–water partition coefficient (Wildman–Crippen LogP) is 2.14. The summed E-state index contributed by atoms with van der Waals surface area (Å²) >= 11 is 0. The van der Waals surface area contributed by atoms with Crippen LogP contribution in [0.3, 0.4) is 0 Å². The third-order valence-electron chi connectivity index (χ3n) is 4.49. The lowest BCUT2D eigenvalue weighted by atomic mass is 10.0. The first kappa shape index (κ1) is 16.2. The van der Waals surface area contributed by atoms with Crippen LogP contribution in [0, 0.1) is 0 Å². The van der Waals surface area contributed by atoms with Crippen LogP contribution in [0.1, 0.15) is 31.2 Å². The number of hydrogen-bond acceptors (Lipinski definition) is 5. The fourth-order valence-corrected chi connectivity index (χ4v) is 3.03. The molecule has 1 fully saturated rings. The Kier molecular flexibility index (Phi) is 5.10. The molecule has 2 aromatic rings. The minimum Gasteiger partial charge on any atom is -0.466 e. The first-order valence-electron chi connectivity index (χ1n) is 8.25. The molecule has 1 aliphatic heterocycles. The average molecular weight is 315 g/mol. The van der Waals surface area contributed by atoms with Gasteiger partial charge in [0, 0.05) is 38.4 Å². The maximum atomic E-state index is 10.5. The van der Waals surface area contributed by atoms with E-state index in [1.54, 1.807) is 19.3 Å². The second-order valence-corrected chi connectivity index (χ2v) is 6.50. The smallest absolute Gasteiger partial charge is 0.136 e. The number of hydrogen-bond donors (Lipinski definition) is 2. The zero-order valence-corrected chi connectivity index (χ0v) is 13.6. The highest BCUT2D eigenvalue weighted by molar-refractivity contribution is 5.08. The Morgan fingerprint density at radius 3 is 2.78 bits per heavy atom. The number of pyridine rings is 1. The number of likely N-dealkylation sites (tertiary alicyclic amines) is 1. The molecular formula is C18H25N3O2. The summed E-state index contributed by atoms with van der Waals surface area (Å²) < 4.78 is 5.32. The highest BCUT2D eigenvalue weighted by atomic mass is 16.4. The molecule has 0 aliphatic carbocycles. The summed E-state index contributed by atoms with van der Waals surface area (Å²) in [5.41, 5.74) is 0.161. The lowest BCUT2D eigenvalue weighted by Gasteiger charge is -2.33. The zero-order chi connectivity index (χ0) is 16.1. The number of rotatable bonds is 6. The van der Waals surface area contributed by atoms with Gasteiger partial charge in [-0.2, -0.15) is 0 Å². The Balaban J connectivity index is 1.43. The van der Waals surface area contributed by atoms with Crippen molar-refractivity contribution >= 4 is 0 Å². The Morgan fingerprint density at radius 2 is 2.13 bits per heavy atom. The summed E-state index contributed by atoms with van der Waals surface area (Å²) in [7, 11) is 0. The second kappa shape index (κ2) is 7.25. The highest BCUT2D eigenvalue weighted by Gasteiger charge is 2.28. The van der Waals surface area contributed by atoms with Gasteiger partial charge in [0.05, 0.1) is 12.0 Å². The molecule has 5 nitrogen and oxygen atoms in total. The van der Waals surface area contributed by atoms with Gasteiger partial charge >= 0.3 is 0 Å². The number of aliphatic hydroxyl groups is 1. The summed E-state index contributed by atoms with van der Waals surface area (Å²) in [6.07, 6.45) is 5.61. The third-order valence-corrected chi connectivity index (χ3v) is 4.49. The topological polar surface area (TPSA) is 61.5 Å². The molecule has 0 radical (unpaired) electrons. The Labute approximate surface area is 137 Å². The van der Waals surface area contributed by atoms with E-state index in [9.17, 15) is 5.11 Å². The van der Waals surface area contributed by atoms with Gasteiger partial charge in [0.15, 0.2) is 0 Å². The molecule has 0 amide bonds. The molecule has 3 heterocycles. The molecule has 0 unspecified atom stereocenters. The minimum atomic E-state index is -0.964. The molecule has 1 atom stereocenters. The van der Waals surface area contributed by atoms with E-state index in [1.165, 1.54) is 0 Å². The molecule has 23 heavy (non-hydrogen) atoms. The van der Waals surface area contributed by atoms with Crippen molar-refractivity contribution < 1.29 is 9.52 Å². The van der Waals surface area contributed by atoms with E-state index in [0.717, 1.165) is 38.2 Å². The van der Waals surface area contributed by atoms with E-state index in [4.69, 9.17) is 4.42 Å². The summed E-state index contributed by atoms with van der Waals surface area (Å²) in [4.78, 5) is 6.82. The van der Waals surface area contributed by atoms with Crippen LogP contribution in [0.25, 0.3) is 0 Å². The highest BCUT2D eigenvalue weighted by Crippen LogP contribution is 2.21. The maximum Gasteiger partial charge on any atom is 0.136 e. The second-order valence-electron chi connectivity index (χ2n) is 6.50. The van der Waals surface area contributed by atoms with Gasteiger partial charge in [0.2, 0.25) is 0 Å². The fourth-order valence-electron chi connectivity index (χ4n) is 3.03. The van der Waals surface area contributed by atoms with E-state index in [0.29, 0.717) is 18.3 Å². The molecule has 1 saturated heterocycles. The third kappa shape index (κ3) is 4.41. The molecule has 2 N–H and O–H groups in total. The molecule has 0 bridgehead atoms. The molecule has 5 heteroatoms. The Bertz CT molecular complexity index is 576. The summed E-state index contributed by atoms with van der Waals surface area (Å²) in [6, 6.07) is 10.1. The molecule has 2 aromatic heterocycles. The zero-order valence-electron chi connectivity index (χ0n) is 13.6. The normalized spacial score (nSPS) is 19.6. The van der Waals surface area contributed by atoms with Crippen molar-refractivity contribution in [2.45, 2.75) is 38.0 Å². The van der Waals surface area contributed by atoms with Crippen molar-refractivity contribution in [1.82, 2.24) is 15.2 Å². The molecule has 0 spiro atoms. The van der Waals surface area contributed by atoms with Crippen LogP contribution in [-0.4, -0.2) is 40.7 Å². The Morgan fingerprint density at radius 1 is 1.30 bits per heavy atom. The number of aromatic nitrogens is 1. The van der Waals surface area contributed by atoms with Gasteiger partial charge in [-0.3, -0.25) is 9.88 Å². The van der Waals surface area contributed by atoms with E-state index >= 15 is 0 Å². The van der Waals surface area contributed by atoms with E-state index in [1.807, 2.05) is 24.4 Å². The summed E-state index contributed by atoms with van der Waals surface area (Å²) in [6.45, 7) is 5.31. The molecular weight excluding hydrogens is 290 g/mol. The van der Waals surface area contributed by atoms with Gasteiger partial charge in [-0.1, -0.05) is 6.07 Å². The average Bonchev–Trinajstić information content (AvgIpc) is 3.11. The van der Waals surface area contributed by atoms with Crippen LogP contribution in [0.15, 0.2) is 47.2 Å². The fraction of sp³-hybridized carbons (Fsp3) is 0.500. The maximum absolute atomic E-state index is 10.5. The van der Waals surface area contributed by atoms with Crippen molar-refractivity contribution in [1.29, 1.82) is 0 Å². The number of nitrogens with one attached hydrogen (secondary N) is 1. The van der Waals surface area contributed by atoms with Crippen LogP contribution >= 0.6 is 0 Å². The van der Waals surface area contributed by atoms with Crippen LogP contribution < -0.4 is 5.32 Å². The molecule has 0 aromatic carbocycles. The van der Waals surface area contributed by atoms with Crippen LogP contribution in [0.2, 0.25) is 0 Å².